The van der Waals surface area contributed by atoms with Crippen molar-refractivity contribution in [2.45, 2.75) is 18.2 Å². The van der Waals surface area contributed by atoms with Gasteiger partial charge in [-0.05, 0) is 43.4 Å². The van der Waals surface area contributed by atoms with Gasteiger partial charge in [-0.15, -0.1) is 11.8 Å². The zero-order valence-corrected chi connectivity index (χ0v) is 13.2. The third kappa shape index (κ3) is 3.76. The predicted molar refractivity (Wildman–Crippen MR) is 88.2 cm³/mol. The van der Waals surface area contributed by atoms with E-state index in [1.807, 2.05) is 31.4 Å². The smallest absolute Gasteiger partial charge is 0.275 e. The van der Waals surface area contributed by atoms with Gasteiger partial charge >= 0.3 is 0 Å². The van der Waals surface area contributed by atoms with E-state index < -0.39 is 10.7 Å². The van der Waals surface area contributed by atoms with Crippen molar-refractivity contribution in [1.82, 2.24) is 0 Å². The molecule has 0 aliphatic carbocycles. The second-order valence-electron chi connectivity index (χ2n) is 4.86. The summed E-state index contributed by atoms with van der Waals surface area (Å²) in [6.45, 7) is 2.47. The molecule has 0 saturated heterocycles. The number of nitro groups is 1. The molecule has 0 aliphatic heterocycles. The van der Waals surface area contributed by atoms with Gasteiger partial charge in [-0.3, -0.25) is 10.1 Å². The Labute approximate surface area is 132 Å². The van der Waals surface area contributed by atoms with E-state index in [2.05, 4.69) is 5.32 Å². The van der Waals surface area contributed by atoms with E-state index in [4.69, 9.17) is 0 Å². The van der Waals surface area contributed by atoms with Gasteiger partial charge in [-0.25, -0.2) is 4.39 Å². The number of nitrogens with zero attached hydrogens (tertiary/aromatic N) is 1. The van der Waals surface area contributed by atoms with Gasteiger partial charge in [0, 0.05) is 23.2 Å². The average molecular weight is 320 g/mol. The lowest BCUT2D eigenvalue weighted by molar-refractivity contribution is -0.385. The highest BCUT2D eigenvalue weighted by atomic mass is 32.2. The van der Waals surface area contributed by atoms with E-state index in [9.17, 15) is 14.5 Å². The standard InChI is InChI=1S/C16H17FN2O2S/c1-11-6-7-12(10-16(11)22-2)18-9-8-13-14(17)4-3-5-15(13)19(20)21/h3-7,10,18H,8-9H2,1-2H3. The van der Waals surface area contributed by atoms with Crippen molar-refractivity contribution in [1.29, 1.82) is 0 Å². The van der Waals surface area contributed by atoms with Gasteiger partial charge in [0.2, 0.25) is 0 Å². The first kappa shape index (κ1) is 16.3. The Bertz CT molecular complexity index is 692. The topological polar surface area (TPSA) is 55.2 Å². The van der Waals surface area contributed by atoms with E-state index in [1.165, 1.54) is 28.7 Å². The maximum absolute atomic E-state index is 13.8. The molecular formula is C16H17FN2O2S. The fourth-order valence-electron chi connectivity index (χ4n) is 2.23. The van der Waals surface area contributed by atoms with Gasteiger partial charge in [-0.1, -0.05) is 12.1 Å². The molecule has 22 heavy (non-hydrogen) atoms. The molecule has 0 saturated carbocycles. The molecule has 0 aliphatic rings. The first-order valence-electron chi connectivity index (χ1n) is 6.83. The van der Waals surface area contributed by atoms with E-state index in [0.29, 0.717) is 6.54 Å². The summed E-state index contributed by atoms with van der Waals surface area (Å²) in [5.74, 6) is -0.537. The van der Waals surface area contributed by atoms with Crippen LogP contribution in [0.3, 0.4) is 0 Å². The lowest BCUT2D eigenvalue weighted by atomic mass is 10.1. The number of hydrogen-bond acceptors (Lipinski definition) is 4. The Hall–Kier alpha value is -2.08. The molecule has 0 heterocycles. The lowest BCUT2D eigenvalue weighted by Crippen LogP contribution is -2.08. The van der Waals surface area contributed by atoms with Gasteiger partial charge in [0.1, 0.15) is 5.82 Å². The van der Waals surface area contributed by atoms with Gasteiger partial charge in [0.25, 0.3) is 5.69 Å². The van der Waals surface area contributed by atoms with E-state index >= 15 is 0 Å². The maximum Gasteiger partial charge on any atom is 0.275 e. The molecule has 0 bridgehead atoms. The highest BCUT2D eigenvalue weighted by Gasteiger charge is 2.16. The molecule has 0 spiro atoms. The van der Waals surface area contributed by atoms with Crippen LogP contribution in [0.2, 0.25) is 0 Å². The van der Waals surface area contributed by atoms with Crippen LogP contribution in [0.15, 0.2) is 41.3 Å². The Balaban J connectivity index is 2.07. The minimum atomic E-state index is -0.546. The minimum absolute atomic E-state index is 0.136. The normalized spacial score (nSPS) is 10.5. The van der Waals surface area contributed by atoms with Crippen molar-refractivity contribution in [3.63, 3.8) is 0 Å². The SMILES string of the molecule is CSc1cc(NCCc2c(F)cccc2[N+](=O)[O-])ccc1C. The molecule has 0 radical (unpaired) electrons. The molecular weight excluding hydrogens is 303 g/mol. The van der Waals surface area contributed by atoms with E-state index in [0.717, 1.165) is 5.69 Å². The summed E-state index contributed by atoms with van der Waals surface area (Å²) < 4.78 is 13.8. The Morgan fingerprint density at radius 1 is 1.32 bits per heavy atom. The number of aryl methyl sites for hydroxylation is 1. The number of anilines is 1. The molecule has 2 rings (SSSR count). The summed E-state index contributed by atoms with van der Waals surface area (Å²) in [6.07, 6.45) is 2.26. The molecule has 1 N–H and O–H groups in total. The molecule has 0 unspecified atom stereocenters. The summed E-state index contributed by atoms with van der Waals surface area (Å²) in [4.78, 5) is 11.6. The molecule has 0 aromatic heterocycles. The summed E-state index contributed by atoms with van der Waals surface area (Å²) in [6, 6.07) is 9.92. The molecule has 0 amide bonds. The Morgan fingerprint density at radius 3 is 2.77 bits per heavy atom. The van der Waals surface area contributed by atoms with Gasteiger partial charge in [0.05, 0.1) is 10.5 Å². The quantitative estimate of drug-likeness (QED) is 0.486. The molecule has 6 heteroatoms. The molecule has 0 atom stereocenters. The monoisotopic (exact) mass is 320 g/mol. The van der Waals surface area contributed by atoms with Gasteiger partial charge < -0.3 is 5.32 Å². The first-order chi connectivity index (χ1) is 10.5. The van der Waals surface area contributed by atoms with Gasteiger partial charge in [-0.2, -0.15) is 0 Å². The van der Waals surface area contributed by atoms with E-state index in [1.54, 1.807) is 11.8 Å². The van der Waals surface area contributed by atoms with Crippen molar-refractivity contribution in [3.8, 4) is 0 Å². The highest BCUT2D eigenvalue weighted by Crippen LogP contribution is 2.25. The molecule has 116 valence electrons. The molecule has 0 fully saturated rings. The van der Waals surface area contributed by atoms with Crippen molar-refractivity contribution >= 4 is 23.1 Å². The number of rotatable bonds is 6. The largest absolute Gasteiger partial charge is 0.385 e. The number of hydrogen-bond donors (Lipinski definition) is 1. The zero-order valence-electron chi connectivity index (χ0n) is 12.4. The molecule has 2 aromatic carbocycles. The number of thioether (sulfide) groups is 1. The van der Waals surface area contributed by atoms with Crippen LogP contribution < -0.4 is 5.32 Å². The van der Waals surface area contributed by atoms with Crippen molar-refractivity contribution in [2.75, 3.05) is 18.1 Å². The van der Waals surface area contributed by atoms with Gasteiger partial charge in [0.15, 0.2) is 0 Å². The number of benzene rings is 2. The summed E-state index contributed by atoms with van der Waals surface area (Å²) in [7, 11) is 0. The van der Waals surface area contributed by atoms with Crippen LogP contribution in [0.4, 0.5) is 15.8 Å². The summed E-state index contributed by atoms with van der Waals surface area (Å²) in [5, 5.41) is 14.1. The highest BCUT2D eigenvalue weighted by molar-refractivity contribution is 7.98. The number of halogens is 1. The third-order valence-corrected chi connectivity index (χ3v) is 4.28. The van der Waals surface area contributed by atoms with Crippen LogP contribution >= 0.6 is 11.8 Å². The number of nitrogens with one attached hydrogen (secondary N) is 1. The summed E-state index contributed by atoms with van der Waals surface area (Å²) in [5.41, 5.74) is 2.09. The van der Waals surface area contributed by atoms with Crippen LogP contribution in [0.1, 0.15) is 11.1 Å². The van der Waals surface area contributed by atoms with Crippen LogP contribution in [0.25, 0.3) is 0 Å². The fourth-order valence-corrected chi connectivity index (χ4v) is 2.86. The fraction of sp³-hybridized carbons (Fsp3) is 0.250. The second-order valence-corrected chi connectivity index (χ2v) is 5.70. The molecule has 2 aromatic rings. The Kier molecular flexibility index (Phi) is 5.38. The lowest BCUT2D eigenvalue weighted by Gasteiger charge is -2.10. The van der Waals surface area contributed by atoms with Crippen LogP contribution in [-0.4, -0.2) is 17.7 Å². The van der Waals surface area contributed by atoms with E-state index in [-0.39, 0.29) is 17.7 Å². The molecule has 4 nitrogen and oxygen atoms in total. The second kappa shape index (κ2) is 7.26. The van der Waals surface area contributed by atoms with Crippen LogP contribution in [-0.2, 0) is 6.42 Å². The number of nitro benzene ring substituents is 1. The first-order valence-corrected chi connectivity index (χ1v) is 8.05. The minimum Gasteiger partial charge on any atom is -0.385 e. The predicted octanol–water partition coefficient (Wildman–Crippen LogP) is 4.42. The van der Waals surface area contributed by atoms with Crippen molar-refractivity contribution in [3.05, 3.63) is 63.5 Å². The zero-order chi connectivity index (χ0) is 16.1. The third-order valence-electron chi connectivity index (χ3n) is 3.40. The van der Waals surface area contributed by atoms with Crippen LogP contribution in [0.5, 0.6) is 0 Å². The summed E-state index contributed by atoms with van der Waals surface area (Å²) >= 11 is 1.66. The van der Waals surface area contributed by atoms with Crippen LogP contribution in [0, 0.1) is 22.9 Å². The maximum atomic E-state index is 13.8. The Morgan fingerprint density at radius 2 is 2.09 bits per heavy atom. The van der Waals surface area contributed by atoms with Crippen molar-refractivity contribution in [2.24, 2.45) is 0 Å². The van der Waals surface area contributed by atoms with Crippen molar-refractivity contribution < 1.29 is 9.31 Å². The average Bonchev–Trinajstić information content (AvgIpc) is 2.50.